The number of fused-ring (bicyclic) bond motifs is 1. The highest BCUT2D eigenvalue weighted by Crippen LogP contribution is 2.32. The van der Waals surface area contributed by atoms with Crippen LogP contribution in [0.2, 0.25) is 0 Å². The minimum atomic E-state index is -0.137. The first-order valence-corrected chi connectivity index (χ1v) is 7.39. The molecule has 0 aromatic carbocycles. The zero-order chi connectivity index (χ0) is 14.0. The van der Waals surface area contributed by atoms with E-state index in [1.807, 2.05) is 6.07 Å². The number of nitrogens with zero attached hydrogens (tertiary/aromatic N) is 1. The van der Waals surface area contributed by atoms with Gasteiger partial charge in [-0.25, -0.2) is 0 Å². The fourth-order valence-electron chi connectivity index (χ4n) is 2.22. The number of nitrogens with one attached hydrogen (secondary N) is 1. The van der Waals surface area contributed by atoms with Gasteiger partial charge in [0.15, 0.2) is 0 Å². The second kappa shape index (κ2) is 5.74. The van der Waals surface area contributed by atoms with Crippen LogP contribution in [0.1, 0.15) is 33.5 Å². The lowest BCUT2D eigenvalue weighted by molar-refractivity contribution is -0.127. The van der Waals surface area contributed by atoms with Crippen LogP contribution in [0.15, 0.2) is 6.07 Å². The molecule has 104 valence electrons. The standard InChI is InChI=1S/C14H20N2O2S/c1-9-4-5-11-10(6-9)7-12(19-11)14(18)15-8-13(17)16(2)3/h7,9H,4-6,8H2,1-3H3,(H,15,18)/t9-/m1/s1. The summed E-state index contributed by atoms with van der Waals surface area (Å²) in [7, 11) is 3.36. The molecule has 19 heavy (non-hydrogen) atoms. The Morgan fingerprint density at radius 2 is 2.21 bits per heavy atom. The number of thiophene rings is 1. The van der Waals surface area contributed by atoms with E-state index in [0.29, 0.717) is 5.92 Å². The zero-order valence-electron chi connectivity index (χ0n) is 11.7. The third-order valence-electron chi connectivity index (χ3n) is 3.45. The van der Waals surface area contributed by atoms with E-state index in [2.05, 4.69) is 12.2 Å². The monoisotopic (exact) mass is 280 g/mol. The number of hydrogen-bond acceptors (Lipinski definition) is 3. The van der Waals surface area contributed by atoms with Gasteiger partial charge in [0.2, 0.25) is 5.91 Å². The van der Waals surface area contributed by atoms with Crippen molar-refractivity contribution in [3.8, 4) is 0 Å². The van der Waals surface area contributed by atoms with Gasteiger partial charge in [0.1, 0.15) is 0 Å². The first-order valence-electron chi connectivity index (χ1n) is 6.57. The van der Waals surface area contributed by atoms with Crippen LogP contribution < -0.4 is 5.32 Å². The molecule has 1 heterocycles. The molecule has 0 saturated heterocycles. The summed E-state index contributed by atoms with van der Waals surface area (Å²) in [5.41, 5.74) is 1.31. The van der Waals surface area contributed by atoms with Gasteiger partial charge in [-0.05, 0) is 36.8 Å². The van der Waals surface area contributed by atoms with Crippen LogP contribution in [0.5, 0.6) is 0 Å². The van der Waals surface area contributed by atoms with E-state index in [4.69, 9.17) is 0 Å². The van der Waals surface area contributed by atoms with Crippen molar-refractivity contribution < 1.29 is 9.59 Å². The molecule has 0 saturated carbocycles. The molecule has 0 fully saturated rings. The zero-order valence-corrected chi connectivity index (χ0v) is 12.5. The molecule has 0 unspecified atom stereocenters. The Morgan fingerprint density at radius 1 is 1.47 bits per heavy atom. The molecule has 2 amide bonds. The second-order valence-electron chi connectivity index (χ2n) is 5.38. The maximum absolute atomic E-state index is 12.0. The Balaban J connectivity index is 1.99. The maximum Gasteiger partial charge on any atom is 0.261 e. The third kappa shape index (κ3) is 3.35. The first kappa shape index (κ1) is 14.1. The van der Waals surface area contributed by atoms with Gasteiger partial charge in [0.25, 0.3) is 5.91 Å². The highest BCUT2D eigenvalue weighted by molar-refractivity contribution is 7.14. The number of rotatable bonds is 3. The molecule has 0 bridgehead atoms. The molecule has 4 nitrogen and oxygen atoms in total. The van der Waals surface area contributed by atoms with Crippen LogP contribution in [-0.2, 0) is 17.6 Å². The van der Waals surface area contributed by atoms with Crippen molar-refractivity contribution in [3.05, 3.63) is 21.4 Å². The van der Waals surface area contributed by atoms with Gasteiger partial charge in [-0.15, -0.1) is 11.3 Å². The van der Waals surface area contributed by atoms with Crippen LogP contribution >= 0.6 is 11.3 Å². The smallest absolute Gasteiger partial charge is 0.261 e. The van der Waals surface area contributed by atoms with Crippen LogP contribution in [0.4, 0.5) is 0 Å². The average Bonchev–Trinajstić information content (AvgIpc) is 2.78. The van der Waals surface area contributed by atoms with Gasteiger partial charge in [0, 0.05) is 19.0 Å². The van der Waals surface area contributed by atoms with Crippen LogP contribution in [-0.4, -0.2) is 37.4 Å². The lowest BCUT2D eigenvalue weighted by Gasteiger charge is -2.16. The van der Waals surface area contributed by atoms with Gasteiger partial charge in [-0.2, -0.15) is 0 Å². The number of carbonyl (C=O) groups is 2. The van der Waals surface area contributed by atoms with E-state index in [9.17, 15) is 9.59 Å². The molecule has 0 aliphatic heterocycles. The molecule has 2 rings (SSSR count). The summed E-state index contributed by atoms with van der Waals surface area (Å²) in [5.74, 6) is 0.471. The SMILES string of the molecule is C[C@@H]1CCc2sc(C(=O)NCC(=O)N(C)C)cc2C1. The summed E-state index contributed by atoms with van der Waals surface area (Å²) < 4.78 is 0. The van der Waals surface area contributed by atoms with Crippen molar-refractivity contribution >= 4 is 23.2 Å². The predicted molar refractivity (Wildman–Crippen MR) is 76.5 cm³/mol. The normalized spacial score (nSPS) is 17.7. The number of hydrogen-bond donors (Lipinski definition) is 1. The van der Waals surface area contributed by atoms with E-state index in [1.54, 1.807) is 25.4 Å². The van der Waals surface area contributed by atoms with E-state index in [0.717, 1.165) is 17.7 Å². The maximum atomic E-state index is 12.0. The van der Waals surface area contributed by atoms with Gasteiger partial charge in [-0.1, -0.05) is 6.92 Å². The third-order valence-corrected chi connectivity index (χ3v) is 4.69. The first-order chi connectivity index (χ1) is 8.97. The Bertz CT molecular complexity index is 494. The molecule has 1 aliphatic rings. The summed E-state index contributed by atoms with van der Waals surface area (Å²) in [6.45, 7) is 2.31. The van der Waals surface area contributed by atoms with E-state index < -0.39 is 0 Å². The molecule has 1 aliphatic carbocycles. The van der Waals surface area contributed by atoms with Crippen molar-refractivity contribution in [2.45, 2.75) is 26.2 Å². The quantitative estimate of drug-likeness (QED) is 0.916. The molecule has 0 spiro atoms. The largest absolute Gasteiger partial charge is 0.347 e. The highest BCUT2D eigenvalue weighted by atomic mass is 32.1. The molecular formula is C14H20N2O2S. The number of carbonyl (C=O) groups excluding carboxylic acids is 2. The summed E-state index contributed by atoms with van der Waals surface area (Å²) in [6, 6.07) is 1.99. The van der Waals surface area contributed by atoms with Gasteiger partial charge in [0.05, 0.1) is 11.4 Å². The summed E-state index contributed by atoms with van der Waals surface area (Å²) in [5, 5.41) is 2.68. The van der Waals surface area contributed by atoms with Gasteiger partial charge < -0.3 is 10.2 Å². The Kier molecular flexibility index (Phi) is 4.24. The highest BCUT2D eigenvalue weighted by Gasteiger charge is 2.20. The second-order valence-corrected chi connectivity index (χ2v) is 6.51. The fourth-order valence-corrected chi connectivity index (χ4v) is 3.34. The van der Waals surface area contributed by atoms with Crippen molar-refractivity contribution in [1.82, 2.24) is 10.2 Å². The Hall–Kier alpha value is -1.36. The molecule has 1 atom stereocenters. The molecule has 1 aromatic heterocycles. The van der Waals surface area contributed by atoms with E-state index in [1.165, 1.54) is 21.8 Å². The minimum absolute atomic E-state index is 0.0603. The van der Waals surface area contributed by atoms with Crippen molar-refractivity contribution in [1.29, 1.82) is 0 Å². The lowest BCUT2D eigenvalue weighted by Crippen LogP contribution is -2.35. The summed E-state index contributed by atoms with van der Waals surface area (Å²) >= 11 is 1.57. The average molecular weight is 280 g/mol. The predicted octanol–water partition coefficient (Wildman–Crippen LogP) is 1.69. The van der Waals surface area contributed by atoms with Crippen molar-refractivity contribution in [3.63, 3.8) is 0 Å². The van der Waals surface area contributed by atoms with Crippen molar-refractivity contribution in [2.24, 2.45) is 5.92 Å². The van der Waals surface area contributed by atoms with Crippen LogP contribution in [0, 0.1) is 5.92 Å². The Labute approximate surface area is 117 Å². The topological polar surface area (TPSA) is 49.4 Å². The van der Waals surface area contributed by atoms with Crippen LogP contribution in [0.3, 0.4) is 0 Å². The molecular weight excluding hydrogens is 260 g/mol. The summed E-state index contributed by atoms with van der Waals surface area (Å²) in [6.07, 6.45) is 3.34. The van der Waals surface area contributed by atoms with E-state index in [-0.39, 0.29) is 18.4 Å². The van der Waals surface area contributed by atoms with Crippen molar-refractivity contribution in [2.75, 3.05) is 20.6 Å². The van der Waals surface area contributed by atoms with Crippen LogP contribution in [0.25, 0.3) is 0 Å². The van der Waals surface area contributed by atoms with Gasteiger partial charge in [-0.3, -0.25) is 9.59 Å². The number of amides is 2. The minimum Gasteiger partial charge on any atom is -0.347 e. The summed E-state index contributed by atoms with van der Waals surface area (Å²) in [4.78, 5) is 27.0. The molecule has 1 aromatic rings. The molecule has 0 radical (unpaired) electrons. The van der Waals surface area contributed by atoms with Gasteiger partial charge >= 0.3 is 0 Å². The Morgan fingerprint density at radius 3 is 2.89 bits per heavy atom. The van der Waals surface area contributed by atoms with E-state index >= 15 is 0 Å². The fraction of sp³-hybridized carbons (Fsp3) is 0.571. The number of aryl methyl sites for hydroxylation is 1. The number of likely N-dealkylation sites (N-methyl/N-ethyl adjacent to an activating group) is 1. The lowest BCUT2D eigenvalue weighted by atomic mass is 9.90. The molecule has 1 N–H and O–H groups in total. The molecule has 5 heteroatoms.